The quantitative estimate of drug-likeness (QED) is 0.752. The molecule has 0 spiro atoms. The van der Waals surface area contributed by atoms with Gasteiger partial charge in [0.1, 0.15) is 5.56 Å². The molecule has 0 aliphatic rings. The first-order chi connectivity index (χ1) is 11.1. The molecule has 0 atom stereocenters. The Morgan fingerprint density at radius 1 is 1.22 bits per heavy atom. The van der Waals surface area contributed by atoms with Gasteiger partial charge in [-0.25, -0.2) is 4.79 Å². The molecule has 0 amide bonds. The molecule has 0 aliphatic carbocycles. The SMILES string of the molecule is C=CCn1cc(C(=O)O)c(=O)c2ccc(-c3ccncc3)cc21. The molecular weight excluding hydrogens is 292 g/mol. The Kier molecular flexibility index (Phi) is 3.76. The van der Waals surface area contributed by atoms with Gasteiger partial charge in [0.25, 0.3) is 0 Å². The van der Waals surface area contributed by atoms with Crippen LogP contribution in [0.1, 0.15) is 10.4 Å². The van der Waals surface area contributed by atoms with E-state index in [1.165, 1.54) is 6.20 Å². The van der Waals surface area contributed by atoms with Gasteiger partial charge in [-0.05, 0) is 35.4 Å². The van der Waals surface area contributed by atoms with Crippen molar-refractivity contribution in [2.75, 3.05) is 0 Å². The number of carboxylic acids is 1. The van der Waals surface area contributed by atoms with E-state index in [2.05, 4.69) is 11.6 Å². The minimum absolute atomic E-state index is 0.240. The molecule has 0 unspecified atom stereocenters. The molecule has 0 radical (unpaired) electrons. The number of allylic oxidation sites excluding steroid dienone is 1. The highest BCUT2D eigenvalue weighted by Gasteiger charge is 2.14. The number of rotatable bonds is 4. The Balaban J connectivity index is 2.32. The van der Waals surface area contributed by atoms with Crippen molar-refractivity contribution in [3.63, 3.8) is 0 Å². The van der Waals surface area contributed by atoms with Crippen molar-refractivity contribution < 1.29 is 9.90 Å². The number of nitrogens with zero attached hydrogens (tertiary/aromatic N) is 2. The minimum Gasteiger partial charge on any atom is -0.477 e. The fourth-order valence-electron chi connectivity index (χ4n) is 2.56. The minimum atomic E-state index is -1.23. The number of aromatic nitrogens is 2. The molecule has 5 nitrogen and oxygen atoms in total. The van der Waals surface area contributed by atoms with Gasteiger partial charge < -0.3 is 9.67 Å². The van der Waals surface area contributed by atoms with Gasteiger partial charge in [-0.3, -0.25) is 9.78 Å². The topological polar surface area (TPSA) is 72.2 Å². The molecule has 3 aromatic rings. The molecule has 114 valence electrons. The monoisotopic (exact) mass is 306 g/mol. The Morgan fingerprint density at radius 3 is 2.61 bits per heavy atom. The van der Waals surface area contributed by atoms with Crippen LogP contribution in [0.15, 0.2) is 66.4 Å². The van der Waals surface area contributed by atoms with E-state index in [1.807, 2.05) is 24.3 Å². The highest BCUT2D eigenvalue weighted by atomic mass is 16.4. The molecular formula is C18H14N2O3. The van der Waals surface area contributed by atoms with Gasteiger partial charge in [-0.15, -0.1) is 6.58 Å². The van der Waals surface area contributed by atoms with Gasteiger partial charge in [-0.1, -0.05) is 12.1 Å². The fourth-order valence-corrected chi connectivity index (χ4v) is 2.56. The van der Waals surface area contributed by atoms with Gasteiger partial charge in [0.2, 0.25) is 5.43 Å². The number of carbonyl (C=O) groups is 1. The summed E-state index contributed by atoms with van der Waals surface area (Å²) in [6.45, 7) is 4.10. The van der Waals surface area contributed by atoms with Crippen LogP contribution >= 0.6 is 0 Å². The van der Waals surface area contributed by atoms with Crippen molar-refractivity contribution in [3.05, 3.63) is 77.4 Å². The van der Waals surface area contributed by atoms with Gasteiger partial charge in [0.05, 0.1) is 5.52 Å². The van der Waals surface area contributed by atoms with Crippen molar-refractivity contribution in [1.29, 1.82) is 0 Å². The van der Waals surface area contributed by atoms with Gasteiger partial charge >= 0.3 is 5.97 Å². The summed E-state index contributed by atoms with van der Waals surface area (Å²) in [5, 5.41) is 9.58. The van der Waals surface area contributed by atoms with E-state index >= 15 is 0 Å². The zero-order chi connectivity index (χ0) is 16.4. The molecule has 1 aromatic carbocycles. The number of aromatic carboxylic acids is 1. The zero-order valence-corrected chi connectivity index (χ0v) is 12.3. The first-order valence-corrected chi connectivity index (χ1v) is 7.03. The molecule has 1 N–H and O–H groups in total. The van der Waals surface area contributed by atoms with Crippen molar-refractivity contribution >= 4 is 16.9 Å². The van der Waals surface area contributed by atoms with Gasteiger partial charge in [0, 0.05) is 30.5 Å². The van der Waals surface area contributed by atoms with Crippen LogP contribution in [0.5, 0.6) is 0 Å². The maximum atomic E-state index is 12.3. The number of fused-ring (bicyclic) bond motifs is 1. The van der Waals surface area contributed by atoms with E-state index in [0.717, 1.165) is 11.1 Å². The number of carboxylic acid groups (broad SMARTS) is 1. The van der Waals surface area contributed by atoms with E-state index in [4.69, 9.17) is 0 Å². The summed E-state index contributed by atoms with van der Waals surface area (Å²) in [5.41, 5.74) is 1.86. The largest absolute Gasteiger partial charge is 0.477 e. The first kappa shape index (κ1) is 14.7. The summed E-state index contributed by atoms with van der Waals surface area (Å²) in [6.07, 6.45) is 6.42. The molecule has 3 rings (SSSR count). The average molecular weight is 306 g/mol. The maximum Gasteiger partial charge on any atom is 0.341 e. The third-order valence-corrected chi connectivity index (χ3v) is 3.65. The van der Waals surface area contributed by atoms with Crippen LogP contribution in [-0.2, 0) is 6.54 Å². The van der Waals surface area contributed by atoms with Crippen molar-refractivity contribution in [2.24, 2.45) is 0 Å². The van der Waals surface area contributed by atoms with E-state index in [-0.39, 0.29) is 5.56 Å². The van der Waals surface area contributed by atoms with Crippen LogP contribution in [0.3, 0.4) is 0 Å². The predicted molar refractivity (Wildman–Crippen MR) is 88.6 cm³/mol. The van der Waals surface area contributed by atoms with Crippen LogP contribution in [0, 0.1) is 0 Å². The lowest BCUT2D eigenvalue weighted by Crippen LogP contribution is -2.18. The van der Waals surface area contributed by atoms with E-state index in [1.54, 1.807) is 29.1 Å². The predicted octanol–water partition coefficient (Wildman–Crippen LogP) is 2.95. The maximum absolute atomic E-state index is 12.3. The summed E-state index contributed by atoms with van der Waals surface area (Å²) in [4.78, 5) is 27.6. The molecule has 0 saturated heterocycles. The number of benzene rings is 1. The molecule has 0 bridgehead atoms. The molecule has 0 aliphatic heterocycles. The average Bonchev–Trinajstić information content (AvgIpc) is 2.57. The molecule has 0 fully saturated rings. The Bertz CT molecular complexity index is 959. The van der Waals surface area contributed by atoms with Crippen LogP contribution < -0.4 is 5.43 Å². The van der Waals surface area contributed by atoms with Crippen LogP contribution in [-0.4, -0.2) is 20.6 Å². The third-order valence-electron chi connectivity index (χ3n) is 3.65. The highest BCUT2D eigenvalue weighted by Crippen LogP contribution is 2.23. The number of pyridine rings is 2. The second-order valence-electron chi connectivity index (χ2n) is 5.09. The Labute approximate surface area is 132 Å². The first-order valence-electron chi connectivity index (χ1n) is 7.03. The van der Waals surface area contributed by atoms with Crippen LogP contribution in [0.25, 0.3) is 22.0 Å². The second kappa shape index (κ2) is 5.88. The summed E-state index contributed by atoms with van der Waals surface area (Å²) in [5.74, 6) is -1.23. The second-order valence-corrected chi connectivity index (χ2v) is 5.09. The summed E-state index contributed by atoms with van der Waals surface area (Å²) >= 11 is 0. The molecule has 2 aromatic heterocycles. The van der Waals surface area contributed by atoms with Crippen molar-refractivity contribution in [3.8, 4) is 11.1 Å². The van der Waals surface area contributed by atoms with Gasteiger partial charge in [-0.2, -0.15) is 0 Å². The Hall–Kier alpha value is -3.21. The smallest absolute Gasteiger partial charge is 0.341 e. The fraction of sp³-hybridized carbons (Fsp3) is 0.0556. The number of hydrogen-bond acceptors (Lipinski definition) is 3. The Morgan fingerprint density at radius 2 is 1.96 bits per heavy atom. The lowest BCUT2D eigenvalue weighted by Gasteiger charge is -2.12. The summed E-state index contributed by atoms with van der Waals surface area (Å²) in [6, 6.07) is 9.11. The molecule has 0 saturated carbocycles. The van der Waals surface area contributed by atoms with Gasteiger partial charge in [0.15, 0.2) is 0 Å². The van der Waals surface area contributed by atoms with Crippen molar-refractivity contribution in [2.45, 2.75) is 6.54 Å². The lowest BCUT2D eigenvalue weighted by atomic mass is 10.0. The summed E-state index contributed by atoms with van der Waals surface area (Å²) in [7, 11) is 0. The van der Waals surface area contributed by atoms with E-state index in [9.17, 15) is 14.7 Å². The standard InChI is InChI=1S/C18H14N2O3/c1-2-9-20-11-15(18(22)23)17(21)14-4-3-13(10-16(14)20)12-5-7-19-8-6-12/h2-8,10-11H,1,9H2,(H,22,23). The number of hydrogen-bond donors (Lipinski definition) is 1. The van der Waals surface area contributed by atoms with Crippen molar-refractivity contribution in [1.82, 2.24) is 9.55 Å². The lowest BCUT2D eigenvalue weighted by molar-refractivity contribution is 0.0695. The molecule has 2 heterocycles. The normalized spacial score (nSPS) is 10.6. The molecule has 5 heteroatoms. The zero-order valence-electron chi connectivity index (χ0n) is 12.3. The third kappa shape index (κ3) is 2.64. The van der Waals surface area contributed by atoms with Crippen LogP contribution in [0.2, 0.25) is 0 Å². The van der Waals surface area contributed by atoms with Crippen LogP contribution in [0.4, 0.5) is 0 Å². The van der Waals surface area contributed by atoms with E-state index in [0.29, 0.717) is 17.4 Å². The molecule has 23 heavy (non-hydrogen) atoms. The summed E-state index contributed by atoms with van der Waals surface area (Å²) < 4.78 is 1.72. The van der Waals surface area contributed by atoms with E-state index < -0.39 is 11.4 Å². The highest BCUT2D eigenvalue weighted by molar-refractivity contribution is 5.93.